The van der Waals surface area contributed by atoms with Crippen molar-refractivity contribution in [1.29, 1.82) is 0 Å². The van der Waals surface area contributed by atoms with E-state index >= 15 is 0 Å². The molecule has 0 bridgehead atoms. The zero-order chi connectivity index (χ0) is 14.0. The van der Waals surface area contributed by atoms with Crippen molar-refractivity contribution in [3.05, 3.63) is 0 Å². The van der Waals surface area contributed by atoms with Gasteiger partial charge in [0.15, 0.2) is 0 Å². The molecule has 0 rings (SSSR count). The van der Waals surface area contributed by atoms with Crippen molar-refractivity contribution >= 4 is 11.6 Å². The summed E-state index contributed by atoms with van der Waals surface area (Å²) in [7, 11) is 0. The Balaban J connectivity index is 4.63. The molecule has 0 aromatic heterocycles. The molecule has 0 spiro atoms. The fourth-order valence-corrected chi connectivity index (χ4v) is 1.24. The molecule has 0 N–H and O–H groups in total. The van der Waals surface area contributed by atoms with E-state index in [1.807, 2.05) is 0 Å². The van der Waals surface area contributed by atoms with Crippen molar-refractivity contribution in [1.82, 2.24) is 0 Å². The normalized spacial score (nSPS) is 11.2. The van der Waals surface area contributed by atoms with E-state index in [0.29, 0.717) is 0 Å². The second-order valence-electron chi connectivity index (χ2n) is 3.21. The number of carbonyl (C=O) groups excluding carboxylic acids is 2. The van der Waals surface area contributed by atoms with Crippen LogP contribution in [0.2, 0.25) is 0 Å². The van der Waals surface area contributed by atoms with Gasteiger partial charge in [-0.05, 0) is 27.7 Å². The van der Waals surface area contributed by atoms with Gasteiger partial charge < -0.3 is 18.9 Å². The Kier molecular flexibility index (Phi) is 9.67. The molecule has 106 valence electrons. The summed E-state index contributed by atoms with van der Waals surface area (Å²) in [6.45, 7) is 7.96. The first-order chi connectivity index (χ1) is 8.62. The zero-order valence-electron chi connectivity index (χ0n) is 11.4. The molecule has 6 heteroatoms. The Morgan fingerprint density at radius 3 is 1.06 bits per heavy atom. The molecule has 0 radical (unpaired) electrons. The van der Waals surface area contributed by atoms with Gasteiger partial charge >= 0.3 is 0 Å². The van der Waals surface area contributed by atoms with Gasteiger partial charge in [0.25, 0.3) is 11.6 Å². The van der Waals surface area contributed by atoms with Gasteiger partial charge in [-0.25, -0.2) is 0 Å². The lowest BCUT2D eigenvalue weighted by Crippen LogP contribution is -2.41. The summed E-state index contributed by atoms with van der Waals surface area (Å²) in [4.78, 5) is 23.7. The van der Waals surface area contributed by atoms with Crippen LogP contribution in [0, 0.1) is 0 Å². The fourth-order valence-electron chi connectivity index (χ4n) is 1.24. The van der Waals surface area contributed by atoms with Gasteiger partial charge in [0, 0.05) is 26.4 Å². The predicted molar refractivity (Wildman–Crippen MR) is 64.1 cm³/mol. The summed E-state index contributed by atoms with van der Waals surface area (Å²) in [5.41, 5.74) is 0. The lowest BCUT2D eigenvalue weighted by atomic mass is 10.2. The van der Waals surface area contributed by atoms with Gasteiger partial charge in [-0.3, -0.25) is 9.59 Å². The minimum absolute atomic E-state index is 0.275. The molecular formula is C12H22O6. The molecule has 0 aromatic rings. The maximum absolute atomic E-state index is 11.9. The zero-order valence-corrected chi connectivity index (χ0v) is 11.4. The molecule has 0 atom stereocenters. The van der Waals surface area contributed by atoms with Crippen LogP contribution in [-0.4, -0.2) is 50.6 Å². The molecule has 0 aromatic carbocycles. The smallest absolute Gasteiger partial charge is 0.259 e. The first-order valence-corrected chi connectivity index (χ1v) is 6.16. The third-order valence-electron chi connectivity index (χ3n) is 1.94. The Hall–Kier alpha value is -0.820. The number of rotatable bonds is 11. The molecule has 0 saturated heterocycles. The summed E-state index contributed by atoms with van der Waals surface area (Å²) in [6, 6.07) is 0. The summed E-state index contributed by atoms with van der Waals surface area (Å²) in [5.74, 6) is -1.57. The minimum Gasteiger partial charge on any atom is -0.346 e. The van der Waals surface area contributed by atoms with Gasteiger partial charge in [-0.1, -0.05) is 0 Å². The van der Waals surface area contributed by atoms with E-state index in [9.17, 15) is 9.59 Å². The quantitative estimate of drug-likeness (QED) is 0.407. The van der Waals surface area contributed by atoms with E-state index in [1.54, 1.807) is 27.7 Å². The number of ether oxygens (including phenoxy) is 4. The van der Waals surface area contributed by atoms with Crippen LogP contribution in [0.4, 0.5) is 0 Å². The van der Waals surface area contributed by atoms with Gasteiger partial charge in [-0.2, -0.15) is 0 Å². The van der Waals surface area contributed by atoms with Crippen LogP contribution in [-0.2, 0) is 28.5 Å². The Morgan fingerprint density at radius 1 is 0.667 bits per heavy atom. The number of ketones is 2. The molecular weight excluding hydrogens is 240 g/mol. The van der Waals surface area contributed by atoms with Crippen LogP contribution in [0.25, 0.3) is 0 Å². The number of Topliss-reactive ketones (excluding diaryl/α,β-unsaturated/α-hetero) is 2. The number of hydrogen-bond acceptors (Lipinski definition) is 6. The molecule has 0 heterocycles. The second-order valence-corrected chi connectivity index (χ2v) is 3.21. The SMILES string of the molecule is CCOC(OCC)C(=O)C(=O)C(OCC)OCC. The summed E-state index contributed by atoms with van der Waals surface area (Å²) >= 11 is 0. The summed E-state index contributed by atoms with van der Waals surface area (Å²) in [5, 5.41) is 0. The molecule has 0 amide bonds. The van der Waals surface area contributed by atoms with Crippen molar-refractivity contribution in [3.63, 3.8) is 0 Å². The van der Waals surface area contributed by atoms with Crippen molar-refractivity contribution in [2.45, 2.75) is 40.3 Å². The standard InChI is InChI=1S/C12H22O6/c1-5-15-11(16-6-2)9(13)10(14)12(17-7-3)18-8-4/h11-12H,5-8H2,1-4H3. The van der Waals surface area contributed by atoms with Crippen molar-refractivity contribution in [3.8, 4) is 0 Å². The first-order valence-electron chi connectivity index (χ1n) is 6.16. The highest BCUT2D eigenvalue weighted by Crippen LogP contribution is 2.05. The number of carbonyl (C=O) groups is 2. The second kappa shape index (κ2) is 10.1. The van der Waals surface area contributed by atoms with Crippen LogP contribution in [0.15, 0.2) is 0 Å². The van der Waals surface area contributed by atoms with Crippen LogP contribution < -0.4 is 0 Å². The maximum atomic E-state index is 11.9. The Bertz CT molecular complexity index is 215. The van der Waals surface area contributed by atoms with Crippen LogP contribution in [0.5, 0.6) is 0 Å². The minimum atomic E-state index is -1.18. The third kappa shape index (κ3) is 5.68. The molecule has 0 aliphatic carbocycles. The van der Waals surface area contributed by atoms with E-state index < -0.39 is 24.1 Å². The van der Waals surface area contributed by atoms with Crippen LogP contribution in [0.1, 0.15) is 27.7 Å². The molecule has 0 saturated carbocycles. The summed E-state index contributed by atoms with van der Waals surface area (Å²) in [6.07, 6.45) is -2.37. The van der Waals surface area contributed by atoms with Crippen LogP contribution in [0.3, 0.4) is 0 Å². The monoisotopic (exact) mass is 262 g/mol. The molecule has 18 heavy (non-hydrogen) atoms. The first kappa shape index (κ1) is 17.2. The predicted octanol–water partition coefficient (Wildman–Crippen LogP) is 0.923. The average Bonchev–Trinajstić information content (AvgIpc) is 2.36. The fraction of sp³-hybridized carbons (Fsp3) is 0.833. The van der Waals surface area contributed by atoms with Gasteiger partial charge in [-0.15, -0.1) is 0 Å². The molecule has 6 nitrogen and oxygen atoms in total. The van der Waals surface area contributed by atoms with Gasteiger partial charge in [0.1, 0.15) is 0 Å². The van der Waals surface area contributed by atoms with E-state index in [4.69, 9.17) is 18.9 Å². The van der Waals surface area contributed by atoms with Crippen molar-refractivity contribution < 1.29 is 28.5 Å². The molecule has 0 aliphatic rings. The highest BCUT2D eigenvalue weighted by atomic mass is 16.7. The highest BCUT2D eigenvalue weighted by molar-refractivity contribution is 6.39. The van der Waals surface area contributed by atoms with Gasteiger partial charge in [0.05, 0.1) is 0 Å². The molecule has 0 unspecified atom stereocenters. The van der Waals surface area contributed by atoms with E-state index in [-0.39, 0.29) is 26.4 Å². The van der Waals surface area contributed by atoms with Crippen LogP contribution >= 0.6 is 0 Å². The lowest BCUT2D eigenvalue weighted by molar-refractivity contribution is -0.187. The van der Waals surface area contributed by atoms with Gasteiger partial charge in [0.2, 0.25) is 12.6 Å². The topological polar surface area (TPSA) is 71.1 Å². The van der Waals surface area contributed by atoms with Crippen molar-refractivity contribution in [2.24, 2.45) is 0 Å². The largest absolute Gasteiger partial charge is 0.346 e. The summed E-state index contributed by atoms with van der Waals surface area (Å²) < 4.78 is 20.3. The molecule has 0 fully saturated rings. The highest BCUT2D eigenvalue weighted by Gasteiger charge is 2.33. The Labute approximate surface area is 108 Å². The van der Waals surface area contributed by atoms with E-state index in [2.05, 4.69) is 0 Å². The Morgan fingerprint density at radius 2 is 0.889 bits per heavy atom. The van der Waals surface area contributed by atoms with E-state index in [1.165, 1.54) is 0 Å². The van der Waals surface area contributed by atoms with E-state index in [0.717, 1.165) is 0 Å². The average molecular weight is 262 g/mol. The third-order valence-corrected chi connectivity index (χ3v) is 1.94. The lowest BCUT2D eigenvalue weighted by Gasteiger charge is -2.19. The maximum Gasteiger partial charge on any atom is 0.259 e. The van der Waals surface area contributed by atoms with Crippen molar-refractivity contribution in [2.75, 3.05) is 26.4 Å². The molecule has 0 aliphatic heterocycles. The number of hydrogen-bond donors (Lipinski definition) is 0.